The highest BCUT2D eigenvalue weighted by molar-refractivity contribution is 5.78. The second-order valence-corrected chi connectivity index (χ2v) is 7.23. The van der Waals surface area contributed by atoms with Gasteiger partial charge in [0.25, 0.3) is 0 Å². The van der Waals surface area contributed by atoms with Crippen LogP contribution < -0.4 is 5.32 Å². The van der Waals surface area contributed by atoms with Crippen molar-refractivity contribution < 1.29 is 14.3 Å². The molecule has 2 aliphatic heterocycles. The molecule has 2 saturated heterocycles. The summed E-state index contributed by atoms with van der Waals surface area (Å²) < 4.78 is 5.13. The summed E-state index contributed by atoms with van der Waals surface area (Å²) in [5, 5.41) is 3.07. The first-order valence-corrected chi connectivity index (χ1v) is 10.1. The van der Waals surface area contributed by atoms with Gasteiger partial charge in [-0.15, -0.1) is 0 Å². The molecule has 0 aromatic heterocycles. The van der Waals surface area contributed by atoms with Crippen molar-refractivity contribution in [1.29, 1.82) is 0 Å². The predicted octanol–water partition coefficient (Wildman–Crippen LogP) is 2.63. The average Bonchev–Trinajstić information content (AvgIpc) is 2.88. The van der Waals surface area contributed by atoms with Gasteiger partial charge >= 0.3 is 6.09 Å². The summed E-state index contributed by atoms with van der Waals surface area (Å²) in [5.41, 5.74) is 0. The molecule has 2 rings (SSSR count). The molecule has 6 heteroatoms. The van der Waals surface area contributed by atoms with Crippen molar-refractivity contribution in [3.8, 4) is 0 Å². The van der Waals surface area contributed by atoms with E-state index in [4.69, 9.17) is 4.74 Å². The van der Waals surface area contributed by atoms with Gasteiger partial charge in [0.1, 0.15) is 0 Å². The van der Waals surface area contributed by atoms with E-state index in [1.807, 2.05) is 11.8 Å². The van der Waals surface area contributed by atoms with Crippen LogP contribution in [-0.2, 0) is 9.53 Å². The normalized spacial score (nSPS) is 23.1. The van der Waals surface area contributed by atoms with Crippen LogP contribution in [0.3, 0.4) is 0 Å². The monoisotopic (exact) mass is 353 g/mol. The Morgan fingerprint density at radius 3 is 2.48 bits per heavy atom. The summed E-state index contributed by atoms with van der Waals surface area (Å²) in [6.45, 7) is 8.80. The topological polar surface area (TPSA) is 61.9 Å². The quantitative estimate of drug-likeness (QED) is 0.746. The molecule has 0 saturated carbocycles. The van der Waals surface area contributed by atoms with Gasteiger partial charge in [-0.3, -0.25) is 4.79 Å². The lowest BCUT2D eigenvalue weighted by Crippen LogP contribution is -2.45. The Morgan fingerprint density at radius 1 is 1.04 bits per heavy atom. The van der Waals surface area contributed by atoms with Gasteiger partial charge in [-0.1, -0.05) is 13.3 Å². The molecular weight excluding hydrogens is 318 g/mol. The first-order chi connectivity index (χ1) is 12.2. The minimum Gasteiger partial charge on any atom is -0.450 e. The van der Waals surface area contributed by atoms with Crippen molar-refractivity contribution in [2.45, 2.75) is 64.8 Å². The molecule has 2 amide bonds. The smallest absolute Gasteiger partial charge is 0.409 e. The summed E-state index contributed by atoms with van der Waals surface area (Å²) in [5.74, 6) is 0.414. The van der Waals surface area contributed by atoms with Crippen LogP contribution in [0, 0.1) is 5.92 Å². The molecular formula is C19H35N3O3. The van der Waals surface area contributed by atoms with E-state index in [9.17, 15) is 9.59 Å². The Balaban J connectivity index is 1.73. The third-order valence-corrected chi connectivity index (χ3v) is 5.47. The Labute approximate surface area is 152 Å². The zero-order valence-electron chi connectivity index (χ0n) is 16.0. The maximum Gasteiger partial charge on any atom is 0.409 e. The molecule has 2 aliphatic rings. The van der Waals surface area contributed by atoms with Crippen LogP contribution >= 0.6 is 0 Å². The van der Waals surface area contributed by atoms with Gasteiger partial charge in [0.05, 0.1) is 6.61 Å². The van der Waals surface area contributed by atoms with E-state index in [1.165, 1.54) is 0 Å². The van der Waals surface area contributed by atoms with Crippen LogP contribution in [0.1, 0.15) is 58.8 Å². The van der Waals surface area contributed by atoms with E-state index in [1.54, 1.807) is 0 Å². The summed E-state index contributed by atoms with van der Waals surface area (Å²) in [6.07, 6.45) is 7.07. The molecule has 1 N–H and O–H groups in total. The van der Waals surface area contributed by atoms with E-state index in [0.29, 0.717) is 12.6 Å². The predicted molar refractivity (Wildman–Crippen MR) is 98.4 cm³/mol. The summed E-state index contributed by atoms with van der Waals surface area (Å²) >= 11 is 0. The molecule has 1 unspecified atom stereocenters. The van der Waals surface area contributed by atoms with Crippen LogP contribution in [0.4, 0.5) is 4.79 Å². The standard InChI is InChI=1S/C19H35N3O3/c1-3-5-11-20-18(23)16-8-13-21(14-9-16)17-7-6-12-22(15-10-17)19(24)25-4-2/h16-17H,3-15H2,1-2H3,(H,20,23). The number of carbonyl (C=O) groups is 2. The summed E-state index contributed by atoms with van der Waals surface area (Å²) in [4.78, 5) is 28.5. The Hall–Kier alpha value is -1.30. The number of nitrogens with zero attached hydrogens (tertiary/aromatic N) is 2. The number of hydrogen-bond acceptors (Lipinski definition) is 4. The average molecular weight is 354 g/mol. The molecule has 25 heavy (non-hydrogen) atoms. The van der Waals surface area contributed by atoms with Gasteiger partial charge in [0.15, 0.2) is 0 Å². The molecule has 2 heterocycles. The fraction of sp³-hybridized carbons (Fsp3) is 0.895. The lowest BCUT2D eigenvalue weighted by Gasteiger charge is -2.36. The van der Waals surface area contributed by atoms with Crippen LogP contribution in [0.5, 0.6) is 0 Å². The van der Waals surface area contributed by atoms with Gasteiger partial charge in [-0.05, 0) is 58.5 Å². The summed E-state index contributed by atoms with van der Waals surface area (Å²) in [7, 11) is 0. The van der Waals surface area contributed by atoms with Gasteiger partial charge in [-0.25, -0.2) is 4.79 Å². The fourth-order valence-corrected chi connectivity index (χ4v) is 3.90. The molecule has 0 bridgehead atoms. The number of amides is 2. The Kier molecular flexibility index (Phi) is 8.52. The second kappa shape index (κ2) is 10.6. The van der Waals surface area contributed by atoms with E-state index in [0.717, 1.165) is 77.7 Å². The lowest BCUT2D eigenvalue weighted by atomic mass is 9.93. The van der Waals surface area contributed by atoms with Crippen LogP contribution in [-0.4, -0.2) is 67.2 Å². The number of carbonyl (C=O) groups excluding carboxylic acids is 2. The molecule has 6 nitrogen and oxygen atoms in total. The molecule has 1 atom stereocenters. The Morgan fingerprint density at radius 2 is 1.80 bits per heavy atom. The first kappa shape index (κ1) is 20.0. The van der Waals surface area contributed by atoms with E-state index < -0.39 is 0 Å². The highest BCUT2D eigenvalue weighted by Crippen LogP contribution is 2.24. The molecule has 0 spiro atoms. The maximum atomic E-state index is 12.2. The molecule has 0 radical (unpaired) electrons. The van der Waals surface area contributed by atoms with E-state index in [-0.39, 0.29) is 17.9 Å². The van der Waals surface area contributed by atoms with Crippen LogP contribution in [0.2, 0.25) is 0 Å². The van der Waals surface area contributed by atoms with Crippen molar-refractivity contribution in [2.24, 2.45) is 5.92 Å². The van der Waals surface area contributed by atoms with Crippen molar-refractivity contribution in [1.82, 2.24) is 15.1 Å². The third-order valence-electron chi connectivity index (χ3n) is 5.47. The molecule has 0 aromatic carbocycles. The number of likely N-dealkylation sites (tertiary alicyclic amines) is 2. The number of ether oxygens (including phenoxy) is 1. The maximum absolute atomic E-state index is 12.2. The number of rotatable bonds is 6. The fourth-order valence-electron chi connectivity index (χ4n) is 3.90. The first-order valence-electron chi connectivity index (χ1n) is 10.1. The lowest BCUT2D eigenvalue weighted by molar-refractivity contribution is -0.126. The SMILES string of the molecule is CCCCNC(=O)C1CCN(C2CCCN(C(=O)OCC)CC2)CC1. The van der Waals surface area contributed by atoms with Gasteiger partial charge in [0.2, 0.25) is 5.91 Å². The van der Waals surface area contributed by atoms with Crippen LogP contribution in [0.25, 0.3) is 0 Å². The minimum absolute atomic E-state index is 0.175. The number of unbranched alkanes of at least 4 members (excludes halogenated alkanes) is 1. The van der Waals surface area contributed by atoms with Crippen molar-refractivity contribution in [3.05, 3.63) is 0 Å². The largest absolute Gasteiger partial charge is 0.450 e. The third kappa shape index (κ3) is 6.17. The minimum atomic E-state index is -0.175. The van der Waals surface area contributed by atoms with Crippen LogP contribution in [0.15, 0.2) is 0 Å². The molecule has 144 valence electrons. The summed E-state index contributed by atoms with van der Waals surface area (Å²) in [6, 6.07) is 0.531. The molecule has 0 aliphatic carbocycles. The van der Waals surface area contributed by atoms with Crippen molar-refractivity contribution in [3.63, 3.8) is 0 Å². The zero-order chi connectivity index (χ0) is 18.1. The van der Waals surface area contributed by atoms with E-state index >= 15 is 0 Å². The van der Waals surface area contributed by atoms with Crippen molar-refractivity contribution in [2.75, 3.05) is 39.3 Å². The number of hydrogen-bond donors (Lipinski definition) is 1. The highest BCUT2D eigenvalue weighted by atomic mass is 16.6. The highest BCUT2D eigenvalue weighted by Gasteiger charge is 2.30. The number of piperidine rings is 1. The van der Waals surface area contributed by atoms with Gasteiger partial charge < -0.3 is 19.9 Å². The second-order valence-electron chi connectivity index (χ2n) is 7.23. The van der Waals surface area contributed by atoms with Gasteiger partial charge in [-0.2, -0.15) is 0 Å². The number of nitrogens with one attached hydrogen (secondary N) is 1. The molecule has 0 aromatic rings. The van der Waals surface area contributed by atoms with E-state index in [2.05, 4.69) is 17.1 Å². The zero-order valence-corrected chi connectivity index (χ0v) is 16.0. The van der Waals surface area contributed by atoms with Gasteiger partial charge in [0, 0.05) is 31.6 Å². The molecule has 2 fully saturated rings. The Bertz CT molecular complexity index is 422. The van der Waals surface area contributed by atoms with Crippen molar-refractivity contribution >= 4 is 12.0 Å².